The normalized spacial score (nSPS) is 16.4. The zero-order chi connectivity index (χ0) is 18.8. The first-order chi connectivity index (χ1) is 12.7. The Bertz CT molecular complexity index is 584. The van der Waals surface area contributed by atoms with Gasteiger partial charge < -0.3 is 24.8 Å². The largest absolute Gasteiger partial charge is 0.493 e. The van der Waals surface area contributed by atoms with Gasteiger partial charge in [0.1, 0.15) is 0 Å². The molecule has 1 aliphatic rings. The number of ether oxygens (including phenoxy) is 3. The summed E-state index contributed by atoms with van der Waals surface area (Å²) in [6.07, 6.45) is 6.18. The summed E-state index contributed by atoms with van der Waals surface area (Å²) in [5, 5.41) is 6.84. The maximum Gasteiger partial charge on any atom is 0.195 e. The van der Waals surface area contributed by atoms with Gasteiger partial charge in [-0.2, -0.15) is 0 Å². The Labute approximate surface area is 157 Å². The molecule has 1 aliphatic carbocycles. The number of rotatable bonds is 9. The van der Waals surface area contributed by atoms with Gasteiger partial charge in [-0.3, -0.25) is 4.99 Å². The minimum Gasteiger partial charge on any atom is -0.493 e. The summed E-state index contributed by atoms with van der Waals surface area (Å²) in [7, 11) is 5.21. The number of aliphatic imine (C=N–C) groups is 1. The lowest BCUT2D eigenvalue weighted by atomic mass is 9.83. The fraction of sp³-hybridized carbons (Fsp3) is 0.650. The van der Waals surface area contributed by atoms with Gasteiger partial charge in [0.2, 0.25) is 0 Å². The number of hydrogen-bond acceptors (Lipinski definition) is 4. The molecule has 0 atom stereocenters. The quantitative estimate of drug-likeness (QED) is 0.518. The molecule has 0 amide bonds. The molecule has 0 bridgehead atoms. The first-order valence-electron chi connectivity index (χ1n) is 9.44. The van der Waals surface area contributed by atoms with E-state index >= 15 is 0 Å². The minimum absolute atomic E-state index is 0.310. The number of hydrogen-bond donors (Lipinski definition) is 2. The maximum atomic E-state index is 5.57. The van der Waals surface area contributed by atoms with Gasteiger partial charge in [0.15, 0.2) is 17.5 Å². The van der Waals surface area contributed by atoms with Crippen LogP contribution in [0.3, 0.4) is 0 Å². The van der Waals surface area contributed by atoms with Gasteiger partial charge in [-0.1, -0.05) is 12.8 Å². The highest BCUT2D eigenvalue weighted by Crippen LogP contribution is 2.40. The zero-order valence-corrected chi connectivity index (χ0v) is 16.6. The van der Waals surface area contributed by atoms with Crippen molar-refractivity contribution in [3.05, 3.63) is 18.2 Å². The molecule has 6 heteroatoms. The third-order valence-electron chi connectivity index (χ3n) is 5.08. The summed E-state index contributed by atoms with van der Waals surface area (Å²) in [5.74, 6) is 2.22. The van der Waals surface area contributed by atoms with E-state index in [1.54, 1.807) is 21.3 Å². The Morgan fingerprint density at radius 1 is 1.19 bits per heavy atom. The van der Waals surface area contributed by atoms with Crippen molar-refractivity contribution >= 4 is 11.6 Å². The van der Waals surface area contributed by atoms with Crippen LogP contribution in [-0.2, 0) is 4.74 Å². The summed E-state index contributed by atoms with van der Waals surface area (Å²) in [4.78, 5) is 4.36. The highest BCUT2D eigenvalue weighted by molar-refractivity contribution is 5.93. The van der Waals surface area contributed by atoms with Crippen LogP contribution in [0.5, 0.6) is 11.5 Å². The highest BCUT2D eigenvalue weighted by atomic mass is 16.5. The number of anilines is 1. The molecule has 0 heterocycles. The lowest BCUT2D eigenvalue weighted by Gasteiger charge is -2.30. The zero-order valence-electron chi connectivity index (χ0n) is 16.6. The molecule has 146 valence electrons. The van der Waals surface area contributed by atoms with E-state index in [2.05, 4.69) is 15.6 Å². The average Bonchev–Trinajstić information content (AvgIpc) is 3.13. The molecule has 0 unspecified atom stereocenters. The predicted octanol–water partition coefficient (Wildman–Crippen LogP) is 3.68. The van der Waals surface area contributed by atoms with Crippen LogP contribution < -0.4 is 20.1 Å². The van der Waals surface area contributed by atoms with Crippen LogP contribution in [0.25, 0.3) is 0 Å². The highest BCUT2D eigenvalue weighted by Gasteiger charge is 2.33. The van der Waals surface area contributed by atoms with E-state index in [4.69, 9.17) is 14.2 Å². The lowest BCUT2D eigenvalue weighted by Crippen LogP contribution is -2.40. The third kappa shape index (κ3) is 5.53. The van der Waals surface area contributed by atoms with E-state index in [1.807, 2.05) is 25.1 Å². The first-order valence-corrected chi connectivity index (χ1v) is 9.44. The van der Waals surface area contributed by atoms with Crippen LogP contribution in [0, 0.1) is 5.41 Å². The molecule has 1 aromatic carbocycles. The van der Waals surface area contributed by atoms with Gasteiger partial charge in [0, 0.05) is 39.1 Å². The molecule has 6 nitrogen and oxygen atoms in total. The summed E-state index contributed by atoms with van der Waals surface area (Å²) in [5.41, 5.74) is 1.22. The number of methoxy groups -OCH3 is 2. The lowest BCUT2D eigenvalue weighted by molar-refractivity contribution is 0.138. The number of nitrogens with one attached hydrogen (secondary N) is 2. The second-order valence-electron chi connectivity index (χ2n) is 6.80. The van der Waals surface area contributed by atoms with Crippen molar-refractivity contribution in [3.63, 3.8) is 0 Å². The Morgan fingerprint density at radius 3 is 2.58 bits per heavy atom. The van der Waals surface area contributed by atoms with Crippen LogP contribution in [0.1, 0.15) is 39.0 Å². The van der Waals surface area contributed by atoms with E-state index < -0.39 is 0 Å². The molecule has 1 aromatic rings. The van der Waals surface area contributed by atoms with Crippen molar-refractivity contribution in [3.8, 4) is 11.5 Å². The van der Waals surface area contributed by atoms with Gasteiger partial charge in [-0.05, 0) is 43.7 Å². The number of benzene rings is 1. The summed E-state index contributed by atoms with van der Waals surface area (Å²) >= 11 is 0. The molecule has 0 radical (unpaired) electrons. The van der Waals surface area contributed by atoms with Gasteiger partial charge in [0.25, 0.3) is 0 Å². The minimum atomic E-state index is 0.310. The molecule has 0 saturated heterocycles. The standard InChI is InChI=1S/C20H33N3O3/c1-5-26-17-9-8-16(14-18(17)25-4)23-19(21-2)22-15-20(12-13-24-3)10-6-7-11-20/h8-9,14H,5-7,10-13,15H2,1-4H3,(H2,21,22,23). The molecule has 26 heavy (non-hydrogen) atoms. The van der Waals surface area contributed by atoms with Crippen molar-refractivity contribution in [2.75, 3.05) is 46.3 Å². The first kappa shape index (κ1) is 20.4. The van der Waals surface area contributed by atoms with Crippen molar-refractivity contribution in [1.82, 2.24) is 5.32 Å². The molecule has 0 aromatic heterocycles. The van der Waals surface area contributed by atoms with Crippen LogP contribution >= 0.6 is 0 Å². The molecule has 1 fully saturated rings. The average molecular weight is 364 g/mol. The SMILES string of the molecule is CCOc1ccc(NC(=NC)NCC2(CCOC)CCCC2)cc1OC. The van der Waals surface area contributed by atoms with E-state index in [9.17, 15) is 0 Å². The van der Waals surface area contributed by atoms with Crippen LogP contribution in [0.15, 0.2) is 23.2 Å². The van der Waals surface area contributed by atoms with Gasteiger partial charge in [-0.15, -0.1) is 0 Å². The van der Waals surface area contributed by atoms with Crippen molar-refractivity contribution in [1.29, 1.82) is 0 Å². The number of nitrogens with zero attached hydrogens (tertiary/aromatic N) is 1. The Balaban J connectivity index is 1.98. The second-order valence-corrected chi connectivity index (χ2v) is 6.80. The Morgan fingerprint density at radius 2 is 1.96 bits per heavy atom. The second kappa shape index (κ2) is 10.3. The van der Waals surface area contributed by atoms with Crippen LogP contribution in [0.2, 0.25) is 0 Å². The fourth-order valence-corrected chi connectivity index (χ4v) is 3.57. The molecule has 2 N–H and O–H groups in total. The van der Waals surface area contributed by atoms with E-state index in [0.29, 0.717) is 17.8 Å². The van der Waals surface area contributed by atoms with Crippen molar-refractivity contribution < 1.29 is 14.2 Å². The van der Waals surface area contributed by atoms with Gasteiger partial charge >= 0.3 is 0 Å². The van der Waals surface area contributed by atoms with Crippen molar-refractivity contribution in [2.45, 2.75) is 39.0 Å². The summed E-state index contributed by atoms with van der Waals surface area (Å²) in [6.45, 7) is 4.28. The van der Waals surface area contributed by atoms with E-state index in [1.165, 1.54) is 25.7 Å². The van der Waals surface area contributed by atoms with Crippen molar-refractivity contribution in [2.24, 2.45) is 10.4 Å². The Kier molecular flexibility index (Phi) is 8.04. The molecule has 0 spiro atoms. The van der Waals surface area contributed by atoms with E-state index in [-0.39, 0.29) is 0 Å². The molecular weight excluding hydrogens is 330 g/mol. The molecule has 0 aliphatic heterocycles. The number of guanidine groups is 1. The predicted molar refractivity (Wildman–Crippen MR) is 107 cm³/mol. The summed E-state index contributed by atoms with van der Waals surface area (Å²) in [6, 6.07) is 5.81. The molecule has 1 saturated carbocycles. The topological polar surface area (TPSA) is 64.1 Å². The molecular formula is C20H33N3O3. The van der Waals surface area contributed by atoms with Crippen LogP contribution in [-0.4, -0.2) is 47.0 Å². The van der Waals surface area contributed by atoms with E-state index in [0.717, 1.165) is 37.0 Å². The fourth-order valence-electron chi connectivity index (χ4n) is 3.57. The monoisotopic (exact) mass is 363 g/mol. The van der Waals surface area contributed by atoms with Gasteiger partial charge in [0.05, 0.1) is 13.7 Å². The Hall–Kier alpha value is -1.95. The third-order valence-corrected chi connectivity index (χ3v) is 5.08. The van der Waals surface area contributed by atoms with Gasteiger partial charge in [-0.25, -0.2) is 0 Å². The molecule has 2 rings (SSSR count). The summed E-state index contributed by atoms with van der Waals surface area (Å²) < 4.78 is 16.3. The van der Waals surface area contributed by atoms with Crippen LogP contribution in [0.4, 0.5) is 5.69 Å². The smallest absolute Gasteiger partial charge is 0.195 e. The maximum absolute atomic E-state index is 5.57.